The van der Waals surface area contributed by atoms with Crippen molar-refractivity contribution in [1.82, 2.24) is 4.90 Å². The maximum atomic E-state index is 13.9. The average Bonchev–Trinajstić information content (AvgIpc) is 3.09. The Labute approximate surface area is 238 Å². The minimum atomic E-state index is -0.242. The fourth-order valence-corrected chi connectivity index (χ4v) is 5.99. The highest BCUT2D eigenvalue weighted by Gasteiger charge is 2.30. The average molecular weight is 556 g/mol. The number of nitrogens with one attached hydrogen (secondary N) is 1. The van der Waals surface area contributed by atoms with Gasteiger partial charge in [0, 0.05) is 41.8 Å². The summed E-state index contributed by atoms with van der Waals surface area (Å²) in [5.41, 5.74) is 5.31. The van der Waals surface area contributed by atoms with Crippen LogP contribution < -0.4 is 10.2 Å². The van der Waals surface area contributed by atoms with Gasteiger partial charge in [0.2, 0.25) is 0 Å². The normalized spacial score (nSPS) is 15.4. The number of thioether (sulfide) groups is 1. The summed E-state index contributed by atoms with van der Waals surface area (Å²) in [6.07, 6.45) is 2.08. The Morgan fingerprint density at radius 2 is 1.64 bits per heavy atom. The van der Waals surface area contributed by atoms with Gasteiger partial charge >= 0.3 is 0 Å². The summed E-state index contributed by atoms with van der Waals surface area (Å²) in [6.45, 7) is 1.34. The van der Waals surface area contributed by atoms with E-state index in [2.05, 4.69) is 29.6 Å². The molecule has 1 aliphatic heterocycles. The summed E-state index contributed by atoms with van der Waals surface area (Å²) in [5, 5.41) is 3.25. The first-order chi connectivity index (χ1) is 19.0. The standard InChI is InChI=1S/C32H30ClN3O2S/c1-35-19-23-12-6-9-15-30(23)36(20-25(35)21-39-2)32(38)28-17-16-24(18-29(28)33)34-31(37)27-14-8-7-13-26(27)22-10-4-3-5-11-22/h3-18,25H,19-21H2,1-2H3,(H,34,37). The lowest BCUT2D eigenvalue weighted by Gasteiger charge is -2.29. The number of hydrogen-bond acceptors (Lipinski definition) is 4. The predicted molar refractivity (Wildman–Crippen MR) is 163 cm³/mol. The van der Waals surface area contributed by atoms with Crippen molar-refractivity contribution >= 4 is 46.6 Å². The quantitative estimate of drug-likeness (QED) is 0.276. The third-order valence-electron chi connectivity index (χ3n) is 7.04. The van der Waals surface area contributed by atoms with Gasteiger partial charge in [-0.3, -0.25) is 14.5 Å². The van der Waals surface area contributed by atoms with Gasteiger partial charge in [-0.15, -0.1) is 0 Å². The second kappa shape index (κ2) is 12.1. The van der Waals surface area contributed by atoms with Crippen LogP contribution in [0.25, 0.3) is 11.1 Å². The number of benzene rings is 4. The molecule has 4 aromatic rings. The molecule has 1 atom stereocenters. The highest BCUT2D eigenvalue weighted by Crippen LogP contribution is 2.31. The molecular formula is C32H30ClN3O2S. The Kier molecular flexibility index (Phi) is 8.36. The molecule has 0 fully saturated rings. The summed E-state index contributed by atoms with van der Waals surface area (Å²) < 4.78 is 0. The van der Waals surface area contributed by atoms with E-state index in [0.29, 0.717) is 28.4 Å². The van der Waals surface area contributed by atoms with Crippen LogP contribution in [-0.2, 0) is 6.54 Å². The molecule has 1 unspecified atom stereocenters. The highest BCUT2D eigenvalue weighted by molar-refractivity contribution is 7.98. The molecule has 1 aliphatic rings. The first-order valence-electron chi connectivity index (χ1n) is 12.8. The molecule has 0 spiro atoms. The number of rotatable bonds is 6. The van der Waals surface area contributed by atoms with Gasteiger partial charge in [-0.1, -0.05) is 78.3 Å². The monoisotopic (exact) mass is 555 g/mol. The number of nitrogens with zero attached hydrogens (tertiary/aromatic N) is 2. The van der Waals surface area contributed by atoms with Crippen LogP contribution in [0.4, 0.5) is 11.4 Å². The van der Waals surface area contributed by atoms with Gasteiger partial charge in [0.15, 0.2) is 0 Å². The zero-order valence-corrected chi connectivity index (χ0v) is 23.5. The molecule has 0 aromatic heterocycles. The van der Waals surface area contributed by atoms with Crippen molar-refractivity contribution in [3.63, 3.8) is 0 Å². The van der Waals surface area contributed by atoms with Crippen molar-refractivity contribution < 1.29 is 9.59 Å². The second-order valence-electron chi connectivity index (χ2n) is 9.63. The lowest BCUT2D eigenvalue weighted by Crippen LogP contribution is -2.43. The molecule has 0 radical (unpaired) electrons. The van der Waals surface area contributed by atoms with Crippen molar-refractivity contribution in [3.05, 3.63) is 119 Å². The van der Waals surface area contributed by atoms with E-state index in [1.165, 1.54) is 0 Å². The summed E-state index contributed by atoms with van der Waals surface area (Å²) in [7, 11) is 2.10. The molecule has 39 heavy (non-hydrogen) atoms. The van der Waals surface area contributed by atoms with Crippen LogP contribution >= 0.6 is 23.4 Å². The molecule has 0 saturated carbocycles. The molecule has 4 aromatic carbocycles. The van der Waals surface area contributed by atoms with E-state index in [9.17, 15) is 9.59 Å². The number of para-hydroxylation sites is 1. The fourth-order valence-electron chi connectivity index (χ4n) is 4.98. The van der Waals surface area contributed by atoms with Crippen molar-refractivity contribution in [1.29, 1.82) is 0 Å². The zero-order valence-electron chi connectivity index (χ0n) is 21.9. The van der Waals surface area contributed by atoms with Crippen molar-refractivity contribution in [2.45, 2.75) is 12.6 Å². The smallest absolute Gasteiger partial charge is 0.259 e. The lowest BCUT2D eigenvalue weighted by atomic mass is 9.99. The van der Waals surface area contributed by atoms with E-state index in [4.69, 9.17) is 11.6 Å². The van der Waals surface area contributed by atoms with Gasteiger partial charge in [0.1, 0.15) is 0 Å². The number of fused-ring (bicyclic) bond motifs is 1. The molecule has 198 valence electrons. The summed E-state index contributed by atoms with van der Waals surface area (Å²) in [4.78, 5) is 31.3. The van der Waals surface area contributed by atoms with Crippen LogP contribution in [0.15, 0.2) is 97.1 Å². The van der Waals surface area contributed by atoms with Crippen LogP contribution in [-0.4, -0.2) is 48.4 Å². The van der Waals surface area contributed by atoms with Crippen LogP contribution in [0.3, 0.4) is 0 Å². The summed E-state index contributed by atoms with van der Waals surface area (Å²) >= 11 is 8.45. The number of amides is 2. The maximum absolute atomic E-state index is 13.9. The minimum absolute atomic E-state index is 0.152. The van der Waals surface area contributed by atoms with E-state index in [-0.39, 0.29) is 17.9 Å². The number of carbonyl (C=O) groups excluding carboxylic acids is 2. The van der Waals surface area contributed by atoms with Gasteiger partial charge in [0.25, 0.3) is 11.8 Å². The number of carbonyl (C=O) groups is 2. The van der Waals surface area contributed by atoms with Gasteiger partial charge in [-0.2, -0.15) is 11.8 Å². The van der Waals surface area contributed by atoms with E-state index in [1.807, 2.05) is 71.6 Å². The Hall–Kier alpha value is -3.58. The minimum Gasteiger partial charge on any atom is -0.322 e. The van der Waals surface area contributed by atoms with Gasteiger partial charge in [0.05, 0.1) is 10.6 Å². The Balaban J connectivity index is 1.40. The molecule has 5 nitrogen and oxygen atoms in total. The Bertz CT molecular complexity index is 1490. The molecule has 0 aliphatic carbocycles. The van der Waals surface area contributed by atoms with Crippen LogP contribution in [0.5, 0.6) is 0 Å². The molecular weight excluding hydrogens is 526 g/mol. The highest BCUT2D eigenvalue weighted by atomic mass is 35.5. The van der Waals surface area contributed by atoms with E-state index in [1.54, 1.807) is 36.0 Å². The van der Waals surface area contributed by atoms with Crippen molar-refractivity contribution in [2.24, 2.45) is 0 Å². The van der Waals surface area contributed by atoms with Gasteiger partial charge in [-0.05, 0) is 60.3 Å². The summed E-state index contributed by atoms with van der Waals surface area (Å²) in [6, 6.07) is 30.6. The molecule has 7 heteroatoms. The van der Waals surface area contributed by atoms with Crippen molar-refractivity contribution in [3.8, 4) is 11.1 Å². The van der Waals surface area contributed by atoms with Crippen LogP contribution in [0.2, 0.25) is 5.02 Å². The molecule has 5 rings (SSSR count). The molecule has 0 saturated heterocycles. The molecule has 0 bridgehead atoms. The number of anilines is 2. The predicted octanol–water partition coefficient (Wildman–Crippen LogP) is 7.08. The number of likely N-dealkylation sites (N-methyl/N-ethyl adjacent to an activating group) is 1. The van der Waals surface area contributed by atoms with E-state index >= 15 is 0 Å². The van der Waals surface area contributed by atoms with Crippen molar-refractivity contribution in [2.75, 3.05) is 35.8 Å². The second-order valence-corrected chi connectivity index (χ2v) is 10.9. The van der Waals surface area contributed by atoms with Crippen LogP contribution in [0, 0.1) is 0 Å². The first-order valence-corrected chi connectivity index (χ1v) is 14.6. The fraction of sp³-hybridized carbons (Fsp3) is 0.188. The number of hydrogen-bond donors (Lipinski definition) is 1. The van der Waals surface area contributed by atoms with Crippen LogP contribution in [0.1, 0.15) is 26.3 Å². The van der Waals surface area contributed by atoms with E-state index in [0.717, 1.165) is 34.7 Å². The largest absolute Gasteiger partial charge is 0.322 e. The lowest BCUT2D eigenvalue weighted by molar-refractivity contribution is 0.0980. The maximum Gasteiger partial charge on any atom is 0.259 e. The topological polar surface area (TPSA) is 52.7 Å². The summed E-state index contributed by atoms with van der Waals surface area (Å²) in [5.74, 6) is 0.521. The third-order valence-corrected chi connectivity index (χ3v) is 8.07. The zero-order chi connectivity index (χ0) is 27.4. The first kappa shape index (κ1) is 27.0. The van der Waals surface area contributed by atoms with Gasteiger partial charge in [-0.25, -0.2) is 0 Å². The molecule has 1 heterocycles. The SMILES string of the molecule is CSCC1CN(C(=O)c2ccc(NC(=O)c3ccccc3-c3ccccc3)cc2Cl)c2ccccc2CN1C. The van der Waals surface area contributed by atoms with E-state index < -0.39 is 0 Å². The Morgan fingerprint density at radius 3 is 2.41 bits per heavy atom. The third kappa shape index (κ3) is 5.88. The van der Waals surface area contributed by atoms with Gasteiger partial charge < -0.3 is 10.2 Å². The molecule has 2 amide bonds. The number of halogens is 1. The molecule has 1 N–H and O–H groups in total. The Morgan fingerprint density at radius 1 is 0.923 bits per heavy atom.